The molecule has 2 saturated heterocycles. The fourth-order valence-corrected chi connectivity index (χ4v) is 4.79. The highest BCUT2D eigenvalue weighted by Gasteiger charge is 2.42. The molecule has 3 aliphatic rings. The topological polar surface area (TPSA) is 115 Å². The molecule has 0 unspecified atom stereocenters. The summed E-state index contributed by atoms with van der Waals surface area (Å²) in [5.41, 5.74) is 5.80. The highest BCUT2D eigenvalue weighted by atomic mass is 16.5. The third-order valence-electron chi connectivity index (χ3n) is 6.55. The number of methoxy groups -OCH3 is 1. The van der Waals surface area contributed by atoms with Gasteiger partial charge in [-0.2, -0.15) is 0 Å². The average Bonchev–Trinajstić information content (AvgIpc) is 3.00. The number of nitrogens with zero attached hydrogens (tertiary/aromatic N) is 4. The van der Waals surface area contributed by atoms with Crippen LogP contribution in [0.15, 0.2) is 0 Å². The molecule has 0 bridgehead atoms. The Hall–Kier alpha value is -1.84. The zero-order valence-corrected chi connectivity index (χ0v) is 16.5. The summed E-state index contributed by atoms with van der Waals surface area (Å²) in [6.07, 6.45) is 4.58. The SMILES string of the molecule is COCCn1c(CN2CCC3(CC2)CC(=O)NC(=O)C3)nnc1C1CC(N)C1. The van der Waals surface area contributed by atoms with Gasteiger partial charge in [-0.05, 0) is 44.2 Å². The van der Waals surface area contributed by atoms with E-state index in [4.69, 9.17) is 10.5 Å². The minimum atomic E-state index is -0.160. The number of carbonyl (C=O) groups is 2. The first kappa shape index (κ1) is 19.5. The van der Waals surface area contributed by atoms with Gasteiger partial charge in [-0.25, -0.2) is 0 Å². The van der Waals surface area contributed by atoms with Crippen molar-refractivity contribution in [3.05, 3.63) is 11.6 Å². The van der Waals surface area contributed by atoms with Gasteiger partial charge < -0.3 is 15.0 Å². The molecule has 3 N–H and O–H groups in total. The molecule has 0 atom stereocenters. The lowest BCUT2D eigenvalue weighted by atomic mass is 9.71. The molecule has 0 radical (unpaired) electrons. The summed E-state index contributed by atoms with van der Waals surface area (Å²) in [6.45, 7) is 3.82. The van der Waals surface area contributed by atoms with Crippen LogP contribution in [0.2, 0.25) is 0 Å². The van der Waals surface area contributed by atoms with Crippen LogP contribution >= 0.6 is 0 Å². The maximum absolute atomic E-state index is 11.8. The average molecular weight is 390 g/mol. The number of ether oxygens (including phenoxy) is 1. The Labute approximate surface area is 165 Å². The molecule has 28 heavy (non-hydrogen) atoms. The maximum Gasteiger partial charge on any atom is 0.227 e. The van der Waals surface area contributed by atoms with Gasteiger partial charge in [-0.15, -0.1) is 10.2 Å². The standard InChI is InChI=1S/C19H30N6O3/c1-28-7-6-25-15(22-23-18(25)13-8-14(20)9-13)12-24-4-2-19(3-5-24)10-16(26)21-17(27)11-19/h13-14H,2-12,20H2,1H3,(H,21,26,27). The van der Waals surface area contributed by atoms with Crippen molar-refractivity contribution in [3.8, 4) is 0 Å². The summed E-state index contributed by atoms with van der Waals surface area (Å²) in [5, 5.41) is 11.4. The molecule has 4 rings (SSSR count). The van der Waals surface area contributed by atoms with E-state index in [9.17, 15) is 9.59 Å². The second-order valence-corrected chi connectivity index (χ2v) is 8.65. The van der Waals surface area contributed by atoms with Crippen molar-refractivity contribution < 1.29 is 14.3 Å². The monoisotopic (exact) mass is 390 g/mol. The third kappa shape index (κ3) is 3.97. The molecule has 1 aliphatic carbocycles. The van der Waals surface area contributed by atoms with Crippen LogP contribution in [-0.4, -0.2) is 64.3 Å². The summed E-state index contributed by atoms with van der Waals surface area (Å²) in [7, 11) is 1.70. The number of imide groups is 1. The summed E-state index contributed by atoms with van der Waals surface area (Å²) >= 11 is 0. The smallest absolute Gasteiger partial charge is 0.227 e. The van der Waals surface area contributed by atoms with Crippen molar-refractivity contribution >= 4 is 11.8 Å². The number of carbonyl (C=O) groups excluding carboxylic acids is 2. The summed E-state index contributed by atoms with van der Waals surface area (Å²) in [5.74, 6) is 2.11. The molecule has 9 nitrogen and oxygen atoms in total. The van der Waals surface area contributed by atoms with Gasteiger partial charge in [0, 0.05) is 38.5 Å². The fraction of sp³-hybridized carbons (Fsp3) is 0.789. The number of nitrogens with two attached hydrogens (primary N) is 1. The van der Waals surface area contributed by atoms with Crippen LogP contribution in [0.25, 0.3) is 0 Å². The minimum absolute atomic E-state index is 0.132. The molecule has 3 fully saturated rings. The third-order valence-corrected chi connectivity index (χ3v) is 6.55. The number of piperidine rings is 2. The molecule has 2 aliphatic heterocycles. The van der Waals surface area contributed by atoms with Crippen LogP contribution in [0, 0.1) is 5.41 Å². The second kappa shape index (κ2) is 7.88. The van der Waals surface area contributed by atoms with Gasteiger partial charge in [0.25, 0.3) is 0 Å². The van der Waals surface area contributed by atoms with E-state index in [-0.39, 0.29) is 23.3 Å². The largest absolute Gasteiger partial charge is 0.383 e. The number of hydrogen-bond acceptors (Lipinski definition) is 7. The molecular weight excluding hydrogens is 360 g/mol. The molecule has 1 aromatic heterocycles. The fourth-order valence-electron chi connectivity index (χ4n) is 4.79. The number of hydrogen-bond donors (Lipinski definition) is 2. The van der Waals surface area contributed by atoms with Crippen LogP contribution < -0.4 is 11.1 Å². The van der Waals surface area contributed by atoms with Gasteiger partial charge >= 0.3 is 0 Å². The maximum atomic E-state index is 11.8. The molecule has 1 spiro atoms. The normalized spacial score (nSPS) is 27.6. The molecular formula is C19H30N6O3. The lowest BCUT2D eigenvalue weighted by Gasteiger charge is -2.42. The Morgan fingerprint density at radius 3 is 2.46 bits per heavy atom. The first-order chi connectivity index (χ1) is 13.5. The van der Waals surface area contributed by atoms with E-state index in [0.717, 1.165) is 63.5 Å². The lowest BCUT2D eigenvalue weighted by Crippen LogP contribution is -2.49. The second-order valence-electron chi connectivity index (χ2n) is 8.65. The van der Waals surface area contributed by atoms with Gasteiger partial charge in [0.2, 0.25) is 11.8 Å². The number of aromatic nitrogens is 3. The van der Waals surface area contributed by atoms with Crippen molar-refractivity contribution in [2.45, 2.75) is 63.6 Å². The van der Waals surface area contributed by atoms with E-state index in [0.29, 0.717) is 25.4 Å². The van der Waals surface area contributed by atoms with Gasteiger partial charge in [0.15, 0.2) is 0 Å². The Morgan fingerprint density at radius 2 is 1.86 bits per heavy atom. The van der Waals surface area contributed by atoms with Crippen molar-refractivity contribution in [1.82, 2.24) is 25.0 Å². The van der Waals surface area contributed by atoms with Crippen LogP contribution in [-0.2, 0) is 27.4 Å². The summed E-state index contributed by atoms with van der Waals surface area (Å²) in [4.78, 5) is 26.0. The quantitative estimate of drug-likeness (QED) is 0.664. The number of nitrogens with one attached hydrogen (secondary N) is 1. The van der Waals surface area contributed by atoms with Crippen LogP contribution in [0.4, 0.5) is 0 Å². The molecule has 3 heterocycles. The predicted molar refractivity (Wildman–Crippen MR) is 101 cm³/mol. The zero-order chi connectivity index (χ0) is 19.7. The molecule has 1 aromatic rings. The Kier molecular flexibility index (Phi) is 5.48. The Balaban J connectivity index is 1.40. The molecule has 2 amide bonds. The number of amides is 2. The highest BCUT2D eigenvalue weighted by Crippen LogP contribution is 2.40. The van der Waals surface area contributed by atoms with Crippen molar-refractivity contribution in [2.75, 3.05) is 26.8 Å². The number of rotatable bonds is 6. The van der Waals surface area contributed by atoms with Crippen molar-refractivity contribution in [3.63, 3.8) is 0 Å². The summed E-state index contributed by atoms with van der Waals surface area (Å²) < 4.78 is 7.47. The highest BCUT2D eigenvalue weighted by molar-refractivity contribution is 5.98. The molecule has 154 valence electrons. The Morgan fingerprint density at radius 1 is 1.18 bits per heavy atom. The van der Waals surface area contributed by atoms with Gasteiger partial charge in [0.05, 0.1) is 13.2 Å². The van der Waals surface area contributed by atoms with E-state index in [2.05, 4.69) is 25.0 Å². The van der Waals surface area contributed by atoms with E-state index in [1.54, 1.807) is 7.11 Å². The van der Waals surface area contributed by atoms with Crippen LogP contribution in [0.3, 0.4) is 0 Å². The minimum Gasteiger partial charge on any atom is -0.383 e. The van der Waals surface area contributed by atoms with E-state index in [1.165, 1.54) is 0 Å². The van der Waals surface area contributed by atoms with Gasteiger partial charge in [-0.1, -0.05) is 0 Å². The molecule has 9 heteroatoms. The number of likely N-dealkylation sites (tertiary alicyclic amines) is 1. The zero-order valence-electron chi connectivity index (χ0n) is 16.5. The van der Waals surface area contributed by atoms with Crippen molar-refractivity contribution in [1.29, 1.82) is 0 Å². The van der Waals surface area contributed by atoms with Crippen LogP contribution in [0.1, 0.15) is 56.1 Å². The summed E-state index contributed by atoms with van der Waals surface area (Å²) in [6, 6.07) is 0.273. The first-order valence-electron chi connectivity index (χ1n) is 10.2. The Bertz CT molecular complexity index is 716. The molecule has 0 aromatic carbocycles. The predicted octanol–water partition coefficient (Wildman–Crippen LogP) is 0.148. The van der Waals surface area contributed by atoms with Crippen LogP contribution in [0.5, 0.6) is 0 Å². The lowest BCUT2D eigenvalue weighted by molar-refractivity contribution is -0.139. The van der Waals surface area contributed by atoms with Crippen molar-refractivity contribution in [2.24, 2.45) is 11.1 Å². The first-order valence-corrected chi connectivity index (χ1v) is 10.2. The van der Waals surface area contributed by atoms with Gasteiger partial charge in [-0.3, -0.25) is 19.8 Å². The van der Waals surface area contributed by atoms with Gasteiger partial charge in [0.1, 0.15) is 11.6 Å². The van der Waals surface area contributed by atoms with E-state index >= 15 is 0 Å². The molecule has 1 saturated carbocycles. The van der Waals surface area contributed by atoms with E-state index < -0.39 is 0 Å². The van der Waals surface area contributed by atoms with E-state index in [1.807, 2.05) is 0 Å².